The van der Waals surface area contributed by atoms with Crippen molar-refractivity contribution in [3.63, 3.8) is 0 Å². The Hall–Kier alpha value is -2.15. The van der Waals surface area contributed by atoms with Crippen molar-refractivity contribution in [1.82, 2.24) is 4.90 Å². The van der Waals surface area contributed by atoms with Crippen molar-refractivity contribution < 1.29 is 9.53 Å². The molecule has 3 heterocycles. The number of benzene rings is 1. The number of ether oxygens (including phenoxy) is 1. The van der Waals surface area contributed by atoms with Gasteiger partial charge in [-0.3, -0.25) is 9.69 Å². The van der Waals surface area contributed by atoms with Crippen LogP contribution in [0.3, 0.4) is 0 Å². The van der Waals surface area contributed by atoms with Gasteiger partial charge in [0.25, 0.3) is 0 Å². The second-order valence-corrected chi connectivity index (χ2v) is 8.19. The van der Waals surface area contributed by atoms with Crippen LogP contribution in [0.2, 0.25) is 0 Å². The molecule has 1 N–H and O–H groups in total. The third-order valence-corrected chi connectivity index (χ3v) is 6.52. The number of hydrogen-bond acceptors (Lipinski definition) is 5. The lowest BCUT2D eigenvalue weighted by Crippen LogP contribution is -2.40. The number of nitrogens with one attached hydrogen (secondary N) is 1. The van der Waals surface area contributed by atoms with Crippen molar-refractivity contribution in [2.24, 2.45) is 0 Å². The molecule has 0 unspecified atom stereocenters. The average molecular weight is 385 g/mol. The monoisotopic (exact) mass is 384 g/mol. The molecule has 0 saturated heterocycles. The molecule has 4 nitrogen and oxygen atoms in total. The Kier molecular flexibility index (Phi) is 5.06. The molecule has 0 bridgehead atoms. The predicted molar refractivity (Wildman–Crippen MR) is 107 cm³/mol. The molecule has 0 aliphatic carbocycles. The van der Waals surface area contributed by atoms with Crippen molar-refractivity contribution in [2.75, 3.05) is 25.5 Å². The number of amides is 1. The standard InChI is InChI=1S/C20H20N2O2S2/c1-24-15-6-4-14(5-7-15)21-19(23)13-22-10-8-17-16(9-12-26-17)20(22)18-3-2-11-25-18/h2-7,9,11-12,20H,8,10,13H2,1H3,(H,21,23)/t20-/m1/s1. The molecule has 0 saturated carbocycles. The molecule has 1 amide bonds. The molecular formula is C20H20N2O2S2. The van der Waals surface area contributed by atoms with Crippen LogP contribution >= 0.6 is 22.7 Å². The van der Waals surface area contributed by atoms with Gasteiger partial charge in [-0.05, 0) is 59.1 Å². The molecule has 0 radical (unpaired) electrons. The van der Waals surface area contributed by atoms with Gasteiger partial charge in [0.05, 0.1) is 19.7 Å². The summed E-state index contributed by atoms with van der Waals surface area (Å²) >= 11 is 3.57. The molecular weight excluding hydrogens is 364 g/mol. The smallest absolute Gasteiger partial charge is 0.238 e. The van der Waals surface area contributed by atoms with E-state index in [1.807, 2.05) is 35.6 Å². The second-order valence-electron chi connectivity index (χ2n) is 6.21. The van der Waals surface area contributed by atoms with E-state index in [9.17, 15) is 4.79 Å². The first-order chi connectivity index (χ1) is 12.7. The number of thiophene rings is 2. The summed E-state index contributed by atoms with van der Waals surface area (Å²) in [5, 5.41) is 7.26. The highest BCUT2D eigenvalue weighted by molar-refractivity contribution is 7.10. The predicted octanol–water partition coefficient (Wildman–Crippen LogP) is 4.40. The van der Waals surface area contributed by atoms with E-state index in [0.717, 1.165) is 24.4 Å². The van der Waals surface area contributed by atoms with Gasteiger partial charge in [-0.1, -0.05) is 6.07 Å². The Morgan fingerprint density at radius 3 is 2.77 bits per heavy atom. The topological polar surface area (TPSA) is 41.6 Å². The van der Waals surface area contributed by atoms with Crippen LogP contribution in [-0.2, 0) is 11.2 Å². The van der Waals surface area contributed by atoms with E-state index in [-0.39, 0.29) is 11.9 Å². The highest BCUT2D eigenvalue weighted by Gasteiger charge is 2.31. The van der Waals surface area contributed by atoms with E-state index < -0.39 is 0 Å². The van der Waals surface area contributed by atoms with Gasteiger partial charge < -0.3 is 10.1 Å². The number of fused-ring (bicyclic) bond motifs is 1. The fourth-order valence-corrected chi connectivity index (χ4v) is 5.16. The lowest BCUT2D eigenvalue weighted by atomic mass is 9.98. The van der Waals surface area contributed by atoms with E-state index in [0.29, 0.717) is 6.54 Å². The minimum atomic E-state index is 0.00963. The zero-order valence-corrected chi connectivity index (χ0v) is 16.1. The molecule has 134 valence electrons. The number of nitrogens with zero attached hydrogens (tertiary/aromatic N) is 1. The summed E-state index contributed by atoms with van der Waals surface area (Å²) in [5.41, 5.74) is 2.14. The molecule has 3 aromatic rings. The van der Waals surface area contributed by atoms with Gasteiger partial charge in [0.1, 0.15) is 5.75 Å². The molecule has 1 aliphatic rings. The van der Waals surface area contributed by atoms with Gasteiger partial charge in [-0.15, -0.1) is 22.7 Å². The summed E-state index contributed by atoms with van der Waals surface area (Å²) in [5.74, 6) is 0.789. The van der Waals surface area contributed by atoms with Gasteiger partial charge in [0.2, 0.25) is 5.91 Å². The highest BCUT2D eigenvalue weighted by atomic mass is 32.1. The van der Waals surface area contributed by atoms with E-state index in [2.05, 4.69) is 39.2 Å². The molecule has 2 aromatic heterocycles. The van der Waals surface area contributed by atoms with Crippen LogP contribution in [0.15, 0.2) is 53.2 Å². The fourth-order valence-electron chi connectivity index (χ4n) is 3.38. The van der Waals surface area contributed by atoms with Crippen molar-refractivity contribution in [2.45, 2.75) is 12.5 Å². The maximum Gasteiger partial charge on any atom is 0.238 e. The van der Waals surface area contributed by atoms with Gasteiger partial charge >= 0.3 is 0 Å². The minimum absolute atomic E-state index is 0.00963. The zero-order chi connectivity index (χ0) is 17.9. The van der Waals surface area contributed by atoms with Crippen LogP contribution < -0.4 is 10.1 Å². The molecule has 4 rings (SSSR count). The summed E-state index contributed by atoms with van der Waals surface area (Å²) in [6, 6.07) is 14.0. The Bertz CT molecular complexity index is 872. The SMILES string of the molecule is COc1ccc(NC(=O)CN2CCc3sccc3[C@@H]2c2cccs2)cc1. The normalized spacial score (nSPS) is 16.9. The van der Waals surface area contributed by atoms with E-state index in [1.54, 1.807) is 18.4 Å². The van der Waals surface area contributed by atoms with Gasteiger partial charge in [-0.2, -0.15) is 0 Å². The average Bonchev–Trinajstić information content (AvgIpc) is 3.34. The van der Waals surface area contributed by atoms with E-state index in [1.165, 1.54) is 15.3 Å². The van der Waals surface area contributed by atoms with Crippen LogP contribution in [0.4, 0.5) is 5.69 Å². The Labute approximate surface area is 161 Å². The lowest BCUT2D eigenvalue weighted by molar-refractivity contribution is -0.117. The number of rotatable bonds is 5. The van der Waals surface area contributed by atoms with Crippen LogP contribution in [0.1, 0.15) is 21.4 Å². The molecule has 1 aliphatic heterocycles. The first-order valence-electron chi connectivity index (χ1n) is 8.52. The van der Waals surface area contributed by atoms with Crippen LogP contribution in [0, 0.1) is 0 Å². The van der Waals surface area contributed by atoms with Crippen molar-refractivity contribution in [3.8, 4) is 5.75 Å². The number of hydrogen-bond donors (Lipinski definition) is 1. The maximum absolute atomic E-state index is 12.6. The summed E-state index contributed by atoms with van der Waals surface area (Å²) in [4.78, 5) is 17.6. The van der Waals surface area contributed by atoms with E-state index in [4.69, 9.17) is 4.74 Å². The third-order valence-electron chi connectivity index (χ3n) is 4.60. The largest absolute Gasteiger partial charge is 0.497 e. The highest BCUT2D eigenvalue weighted by Crippen LogP contribution is 2.39. The molecule has 26 heavy (non-hydrogen) atoms. The van der Waals surface area contributed by atoms with Crippen LogP contribution in [0.25, 0.3) is 0 Å². The summed E-state index contributed by atoms with van der Waals surface area (Å²) in [7, 11) is 1.63. The summed E-state index contributed by atoms with van der Waals surface area (Å²) < 4.78 is 5.16. The Balaban J connectivity index is 1.50. The first-order valence-corrected chi connectivity index (χ1v) is 10.3. The van der Waals surface area contributed by atoms with Gasteiger partial charge in [0, 0.05) is 22.0 Å². The van der Waals surface area contributed by atoms with Crippen LogP contribution in [-0.4, -0.2) is 31.0 Å². The zero-order valence-electron chi connectivity index (χ0n) is 14.5. The van der Waals surface area contributed by atoms with Crippen molar-refractivity contribution in [3.05, 3.63) is 68.5 Å². The van der Waals surface area contributed by atoms with Crippen LogP contribution in [0.5, 0.6) is 5.75 Å². The quantitative estimate of drug-likeness (QED) is 0.709. The number of carbonyl (C=O) groups excluding carboxylic acids is 1. The van der Waals surface area contributed by atoms with Crippen molar-refractivity contribution >= 4 is 34.3 Å². The second kappa shape index (κ2) is 7.61. The Morgan fingerprint density at radius 2 is 2.04 bits per heavy atom. The number of methoxy groups -OCH3 is 1. The molecule has 0 fully saturated rings. The summed E-state index contributed by atoms with van der Waals surface area (Å²) in [6.07, 6.45) is 1.00. The lowest BCUT2D eigenvalue weighted by Gasteiger charge is -2.34. The van der Waals surface area contributed by atoms with Gasteiger partial charge in [0.15, 0.2) is 0 Å². The van der Waals surface area contributed by atoms with Crippen molar-refractivity contribution in [1.29, 1.82) is 0 Å². The molecule has 6 heteroatoms. The minimum Gasteiger partial charge on any atom is -0.497 e. The Morgan fingerprint density at radius 1 is 1.19 bits per heavy atom. The van der Waals surface area contributed by atoms with Gasteiger partial charge in [-0.25, -0.2) is 0 Å². The third kappa shape index (κ3) is 3.53. The fraction of sp³-hybridized carbons (Fsp3) is 0.250. The number of carbonyl (C=O) groups is 1. The summed E-state index contributed by atoms with van der Waals surface area (Å²) in [6.45, 7) is 1.27. The number of anilines is 1. The molecule has 1 aromatic carbocycles. The first kappa shape index (κ1) is 17.3. The molecule has 0 spiro atoms. The van der Waals surface area contributed by atoms with E-state index >= 15 is 0 Å². The maximum atomic E-state index is 12.6. The molecule has 1 atom stereocenters.